The molecule has 0 fully saturated rings. The Bertz CT molecular complexity index is 341. The molecule has 2 nitrogen and oxygen atoms in total. The van der Waals surface area contributed by atoms with Crippen LogP contribution in [0, 0.1) is 5.82 Å². The zero-order valence-electron chi connectivity index (χ0n) is 7.59. The van der Waals surface area contributed by atoms with Crippen LogP contribution >= 0.6 is 11.6 Å². The summed E-state index contributed by atoms with van der Waals surface area (Å²) in [5, 5.41) is 0. The molecule has 1 aromatic rings. The maximum Gasteiger partial charge on any atom is 0.165 e. The van der Waals surface area contributed by atoms with E-state index in [4.69, 9.17) is 17.3 Å². The maximum absolute atomic E-state index is 12.8. The van der Waals surface area contributed by atoms with Crippen LogP contribution in [0.5, 0.6) is 0 Å². The third kappa shape index (κ3) is 2.70. The molecule has 0 saturated carbocycles. The van der Waals surface area contributed by atoms with E-state index in [1.54, 1.807) is 0 Å². The van der Waals surface area contributed by atoms with Crippen molar-refractivity contribution in [1.82, 2.24) is 0 Å². The maximum atomic E-state index is 12.8. The third-order valence-corrected chi connectivity index (χ3v) is 2.12. The molecule has 4 heteroatoms. The fourth-order valence-electron chi connectivity index (χ4n) is 1.13. The molecule has 0 amide bonds. The van der Waals surface area contributed by atoms with E-state index < -0.39 is 5.82 Å². The summed E-state index contributed by atoms with van der Waals surface area (Å²) in [7, 11) is 0. The van der Waals surface area contributed by atoms with Gasteiger partial charge in [-0.1, -0.05) is 0 Å². The number of carbonyl (C=O) groups excluding carboxylic acids is 1. The molecule has 0 unspecified atom stereocenters. The molecule has 76 valence electrons. The monoisotopic (exact) mass is 215 g/mol. The summed E-state index contributed by atoms with van der Waals surface area (Å²) in [6.45, 7) is 0. The van der Waals surface area contributed by atoms with Crippen molar-refractivity contribution >= 4 is 23.1 Å². The first kappa shape index (κ1) is 11.0. The van der Waals surface area contributed by atoms with E-state index in [1.165, 1.54) is 12.1 Å². The van der Waals surface area contributed by atoms with Crippen LogP contribution in [0.3, 0.4) is 0 Å². The Morgan fingerprint density at radius 3 is 2.86 bits per heavy atom. The molecular formula is C10H11ClFNO. The summed E-state index contributed by atoms with van der Waals surface area (Å²) < 4.78 is 12.8. The molecule has 0 aliphatic carbocycles. The minimum Gasteiger partial charge on any atom is -0.398 e. The number of halogens is 2. The quantitative estimate of drug-likeness (QED) is 0.477. The number of alkyl halides is 1. The Morgan fingerprint density at radius 2 is 2.21 bits per heavy atom. The van der Waals surface area contributed by atoms with Gasteiger partial charge in [0.05, 0.1) is 0 Å². The molecule has 2 N–H and O–H groups in total. The van der Waals surface area contributed by atoms with Gasteiger partial charge in [-0.2, -0.15) is 0 Å². The Morgan fingerprint density at radius 1 is 1.50 bits per heavy atom. The van der Waals surface area contributed by atoms with Gasteiger partial charge in [0, 0.05) is 23.6 Å². The van der Waals surface area contributed by atoms with E-state index >= 15 is 0 Å². The molecule has 1 rings (SSSR count). The summed E-state index contributed by atoms with van der Waals surface area (Å²) in [5.41, 5.74) is 6.10. The first-order valence-electron chi connectivity index (χ1n) is 4.29. The van der Waals surface area contributed by atoms with Crippen molar-refractivity contribution < 1.29 is 9.18 Å². The topological polar surface area (TPSA) is 43.1 Å². The number of Topliss-reactive ketones (excluding diaryl/α,β-unsaturated/α-hetero) is 1. The van der Waals surface area contributed by atoms with Crippen LogP contribution < -0.4 is 5.73 Å². The first-order valence-corrected chi connectivity index (χ1v) is 4.83. The van der Waals surface area contributed by atoms with E-state index in [2.05, 4.69) is 0 Å². The second kappa shape index (κ2) is 4.96. The van der Waals surface area contributed by atoms with Gasteiger partial charge in [-0.05, 0) is 24.6 Å². The molecule has 14 heavy (non-hydrogen) atoms. The standard InChI is InChI=1S/C10H11ClFNO/c11-5-1-2-10(14)8-6-7(12)3-4-9(8)13/h3-4,6H,1-2,5,13H2. The molecule has 0 heterocycles. The molecule has 0 bridgehead atoms. The van der Waals surface area contributed by atoms with Gasteiger partial charge in [-0.3, -0.25) is 4.79 Å². The summed E-state index contributed by atoms with van der Waals surface area (Å²) in [6.07, 6.45) is 0.882. The van der Waals surface area contributed by atoms with Crippen molar-refractivity contribution in [3.05, 3.63) is 29.6 Å². The van der Waals surface area contributed by atoms with Crippen LogP contribution in [0.1, 0.15) is 23.2 Å². The SMILES string of the molecule is Nc1ccc(F)cc1C(=O)CCCCl. The van der Waals surface area contributed by atoms with Crippen LogP contribution in [-0.2, 0) is 0 Å². The number of hydrogen-bond acceptors (Lipinski definition) is 2. The lowest BCUT2D eigenvalue weighted by Crippen LogP contribution is -2.04. The Balaban J connectivity index is 2.83. The van der Waals surface area contributed by atoms with Gasteiger partial charge in [-0.25, -0.2) is 4.39 Å². The van der Waals surface area contributed by atoms with Crippen molar-refractivity contribution in [2.75, 3.05) is 11.6 Å². The fraction of sp³-hybridized carbons (Fsp3) is 0.300. The third-order valence-electron chi connectivity index (χ3n) is 1.85. The molecule has 0 atom stereocenters. The predicted molar refractivity (Wildman–Crippen MR) is 55.1 cm³/mol. The van der Waals surface area contributed by atoms with Crippen molar-refractivity contribution in [2.24, 2.45) is 0 Å². The second-order valence-electron chi connectivity index (χ2n) is 2.95. The summed E-state index contributed by atoms with van der Waals surface area (Å²) in [4.78, 5) is 11.5. The van der Waals surface area contributed by atoms with Crippen molar-refractivity contribution in [3.63, 3.8) is 0 Å². The van der Waals surface area contributed by atoms with Crippen molar-refractivity contribution in [3.8, 4) is 0 Å². The van der Waals surface area contributed by atoms with Crippen LogP contribution in [-0.4, -0.2) is 11.7 Å². The van der Waals surface area contributed by atoms with E-state index in [-0.39, 0.29) is 11.3 Å². The molecular weight excluding hydrogens is 205 g/mol. The highest BCUT2D eigenvalue weighted by Gasteiger charge is 2.09. The van der Waals surface area contributed by atoms with Gasteiger partial charge in [0.2, 0.25) is 0 Å². The molecule has 0 saturated heterocycles. The lowest BCUT2D eigenvalue weighted by molar-refractivity contribution is 0.0982. The largest absolute Gasteiger partial charge is 0.398 e. The van der Waals surface area contributed by atoms with Crippen LogP contribution in [0.2, 0.25) is 0 Å². The van der Waals surface area contributed by atoms with Crippen LogP contribution in [0.25, 0.3) is 0 Å². The van der Waals surface area contributed by atoms with E-state index in [9.17, 15) is 9.18 Å². The predicted octanol–water partition coefficient (Wildman–Crippen LogP) is 2.61. The summed E-state index contributed by atoms with van der Waals surface area (Å²) in [5.74, 6) is -0.197. The van der Waals surface area contributed by atoms with Gasteiger partial charge in [0.15, 0.2) is 5.78 Å². The number of benzene rings is 1. The van der Waals surface area contributed by atoms with Crippen LogP contribution in [0.15, 0.2) is 18.2 Å². The zero-order chi connectivity index (χ0) is 10.6. The number of hydrogen-bond donors (Lipinski definition) is 1. The highest BCUT2D eigenvalue weighted by Crippen LogP contribution is 2.16. The van der Waals surface area contributed by atoms with Gasteiger partial charge in [0.1, 0.15) is 5.82 Å². The molecule has 0 aromatic heterocycles. The van der Waals surface area contributed by atoms with Gasteiger partial charge >= 0.3 is 0 Å². The van der Waals surface area contributed by atoms with Gasteiger partial charge < -0.3 is 5.73 Å². The number of rotatable bonds is 4. The average Bonchev–Trinajstić information content (AvgIpc) is 2.18. The highest BCUT2D eigenvalue weighted by molar-refractivity contribution is 6.18. The Labute approximate surface area is 86.9 Å². The lowest BCUT2D eigenvalue weighted by atomic mass is 10.1. The summed E-state index contributed by atoms with van der Waals surface area (Å²) in [6, 6.07) is 3.78. The van der Waals surface area contributed by atoms with E-state index in [1.807, 2.05) is 0 Å². The lowest BCUT2D eigenvalue weighted by Gasteiger charge is -2.03. The van der Waals surface area contributed by atoms with Crippen LogP contribution in [0.4, 0.5) is 10.1 Å². The minimum absolute atomic E-state index is 0.164. The smallest absolute Gasteiger partial charge is 0.165 e. The van der Waals surface area contributed by atoms with Gasteiger partial charge in [-0.15, -0.1) is 11.6 Å². The molecule has 0 aliphatic rings. The number of nitrogen functional groups attached to an aromatic ring is 1. The minimum atomic E-state index is -0.451. The molecule has 0 aliphatic heterocycles. The highest BCUT2D eigenvalue weighted by atomic mass is 35.5. The Hall–Kier alpha value is -1.09. The number of nitrogens with two attached hydrogens (primary N) is 1. The first-order chi connectivity index (χ1) is 6.65. The zero-order valence-corrected chi connectivity index (χ0v) is 8.35. The second-order valence-corrected chi connectivity index (χ2v) is 3.33. The Kier molecular flexibility index (Phi) is 3.89. The van der Waals surface area contributed by atoms with Crippen molar-refractivity contribution in [2.45, 2.75) is 12.8 Å². The summed E-state index contributed by atoms with van der Waals surface area (Å²) >= 11 is 5.45. The fourth-order valence-corrected chi connectivity index (χ4v) is 1.27. The number of anilines is 1. The molecule has 0 spiro atoms. The number of ketones is 1. The van der Waals surface area contributed by atoms with E-state index in [0.717, 1.165) is 6.07 Å². The average molecular weight is 216 g/mol. The molecule has 0 radical (unpaired) electrons. The van der Waals surface area contributed by atoms with E-state index in [0.29, 0.717) is 24.4 Å². The normalized spacial score (nSPS) is 10.1. The van der Waals surface area contributed by atoms with Crippen molar-refractivity contribution in [1.29, 1.82) is 0 Å². The van der Waals surface area contributed by atoms with Gasteiger partial charge in [0.25, 0.3) is 0 Å². The number of carbonyl (C=O) groups is 1. The molecule has 1 aromatic carbocycles.